The van der Waals surface area contributed by atoms with Crippen LogP contribution >= 0.6 is 11.6 Å². The molecule has 1 saturated heterocycles. The van der Waals surface area contributed by atoms with Gasteiger partial charge in [-0.25, -0.2) is 0 Å². The van der Waals surface area contributed by atoms with Crippen LogP contribution < -0.4 is 0 Å². The first-order valence-corrected chi connectivity index (χ1v) is 3.45. The van der Waals surface area contributed by atoms with Crippen LogP contribution in [0.25, 0.3) is 0 Å². The number of quaternary nitrogens is 1. The highest BCUT2D eigenvalue weighted by atomic mass is 35.5. The highest BCUT2D eigenvalue weighted by Crippen LogP contribution is 2.43. The highest BCUT2D eigenvalue weighted by molar-refractivity contribution is 6.21. The first-order chi connectivity index (χ1) is 3.88. The van der Waals surface area contributed by atoms with Crippen molar-refractivity contribution in [1.29, 1.82) is 0 Å². The van der Waals surface area contributed by atoms with Crippen molar-refractivity contribution in [1.82, 2.24) is 0 Å². The Morgan fingerprint density at radius 1 is 1.44 bits per heavy atom. The number of nitrogens with zero attached hydrogens (tertiary/aromatic N) is 1. The average molecular weight is 151 g/mol. The number of likely N-dealkylation sites (N-methyl/N-ethyl adjacent to an activating group) is 1. The van der Waals surface area contributed by atoms with E-state index in [4.69, 9.17) is 16.3 Å². The van der Waals surface area contributed by atoms with Crippen molar-refractivity contribution in [3.8, 4) is 0 Å². The van der Waals surface area contributed by atoms with Crippen molar-refractivity contribution >= 4 is 11.6 Å². The largest absolute Gasteiger partial charge is 0.300 e. The minimum absolute atomic E-state index is 0.0995. The Kier molecular flexibility index (Phi) is 1.32. The molecule has 0 bridgehead atoms. The molecule has 0 radical (unpaired) electrons. The Hall–Kier alpha value is 0.210. The summed E-state index contributed by atoms with van der Waals surface area (Å²) in [6, 6.07) is 0. The molecule has 0 amide bonds. The van der Waals surface area contributed by atoms with E-state index in [0.717, 1.165) is 4.48 Å². The van der Waals surface area contributed by atoms with Crippen LogP contribution in [0.2, 0.25) is 0 Å². The average Bonchev–Trinajstić information content (AvgIpc) is 2.13. The fraction of sp³-hybridized carbons (Fsp3) is 1.00. The lowest BCUT2D eigenvalue weighted by Crippen LogP contribution is -2.47. The van der Waals surface area contributed by atoms with Crippen LogP contribution in [0.1, 0.15) is 6.92 Å². The Bertz CT molecular complexity index is 132. The summed E-state index contributed by atoms with van der Waals surface area (Å²) in [6.07, 6.45) is 0. The molecule has 0 aromatic heterocycles. The fourth-order valence-electron chi connectivity index (χ4n) is 0.638. The molecule has 9 heavy (non-hydrogen) atoms. The third-order valence-corrected chi connectivity index (χ3v) is 2.53. The van der Waals surface area contributed by atoms with Gasteiger partial charge in [0, 0.05) is 6.92 Å². The number of epoxide rings is 1. The molecule has 1 aliphatic heterocycles. The minimum Gasteiger partial charge on any atom is -0.300 e. The van der Waals surface area contributed by atoms with Gasteiger partial charge in [0.05, 0.1) is 21.1 Å². The number of hydrogen-bond acceptors (Lipinski definition) is 1. The summed E-state index contributed by atoms with van der Waals surface area (Å²) >= 11 is 5.74. The van der Waals surface area contributed by atoms with Crippen LogP contribution in [0.3, 0.4) is 0 Å². The molecule has 2 unspecified atom stereocenters. The van der Waals surface area contributed by atoms with E-state index in [1.165, 1.54) is 0 Å². The maximum Gasteiger partial charge on any atom is 0.243 e. The molecular weight excluding hydrogens is 138 g/mol. The molecule has 0 N–H and O–H groups in total. The number of alkyl halides is 1. The smallest absolute Gasteiger partial charge is 0.243 e. The molecule has 54 valence electrons. The first-order valence-electron chi connectivity index (χ1n) is 3.01. The van der Waals surface area contributed by atoms with Gasteiger partial charge in [0.2, 0.25) is 11.3 Å². The van der Waals surface area contributed by atoms with Crippen molar-refractivity contribution in [3.05, 3.63) is 0 Å². The van der Waals surface area contributed by atoms with E-state index in [2.05, 4.69) is 21.1 Å². The maximum atomic E-state index is 5.74. The first kappa shape index (κ1) is 7.32. The Labute approximate surface area is 60.9 Å². The van der Waals surface area contributed by atoms with E-state index in [-0.39, 0.29) is 11.3 Å². The molecule has 1 fully saturated rings. The molecular formula is C6H13ClNO+. The molecule has 2 atom stereocenters. The van der Waals surface area contributed by atoms with Crippen molar-refractivity contribution in [2.45, 2.75) is 18.2 Å². The molecule has 1 heterocycles. The minimum atomic E-state index is -0.151. The maximum absolute atomic E-state index is 5.74. The van der Waals surface area contributed by atoms with Crippen LogP contribution in [0.15, 0.2) is 0 Å². The van der Waals surface area contributed by atoms with Gasteiger partial charge < -0.3 is 4.48 Å². The van der Waals surface area contributed by atoms with Gasteiger partial charge in [-0.15, -0.1) is 0 Å². The van der Waals surface area contributed by atoms with E-state index in [0.29, 0.717) is 0 Å². The lowest BCUT2D eigenvalue weighted by Gasteiger charge is -2.28. The number of rotatable bonds is 1. The van der Waals surface area contributed by atoms with Gasteiger partial charge >= 0.3 is 0 Å². The Balaban J connectivity index is 2.64. The number of ether oxygens (including phenoxy) is 1. The van der Waals surface area contributed by atoms with Gasteiger partial charge in [-0.2, -0.15) is 0 Å². The lowest BCUT2D eigenvalue weighted by molar-refractivity contribution is -0.917. The van der Waals surface area contributed by atoms with Gasteiger partial charge in [0.15, 0.2) is 0 Å². The zero-order chi connectivity index (χ0) is 7.28. The topological polar surface area (TPSA) is 12.5 Å². The summed E-state index contributed by atoms with van der Waals surface area (Å²) < 4.78 is 5.97. The molecule has 3 heteroatoms. The normalized spacial score (nSPS) is 43.0. The van der Waals surface area contributed by atoms with Crippen LogP contribution in [-0.4, -0.2) is 36.9 Å². The van der Waals surface area contributed by atoms with Crippen LogP contribution in [0.5, 0.6) is 0 Å². The molecule has 0 saturated carbocycles. The Morgan fingerprint density at radius 2 is 1.78 bits per heavy atom. The van der Waals surface area contributed by atoms with Gasteiger partial charge in [0.25, 0.3) is 0 Å². The van der Waals surface area contributed by atoms with Crippen LogP contribution in [0.4, 0.5) is 0 Å². The number of halogens is 1. The van der Waals surface area contributed by atoms with Gasteiger partial charge in [0.1, 0.15) is 0 Å². The zero-order valence-electron chi connectivity index (χ0n) is 6.31. The summed E-state index contributed by atoms with van der Waals surface area (Å²) in [7, 11) is 6.22. The fourth-order valence-corrected chi connectivity index (χ4v) is 1.11. The van der Waals surface area contributed by atoms with E-state index in [9.17, 15) is 0 Å². The van der Waals surface area contributed by atoms with Crippen LogP contribution in [-0.2, 0) is 4.74 Å². The molecule has 0 aliphatic carbocycles. The van der Waals surface area contributed by atoms with E-state index < -0.39 is 0 Å². The third kappa shape index (κ3) is 0.955. The third-order valence-electron chi connectivity index (χ3n) is 2.04. The van der Waals surface area contributed by atoms with Crippen molar-refractivity contribution in [2.24, 2.45) is 0 Å². The van der Waals surface area contributed by atoms with Gasteiger partial charge in [-0.05, 0) is 0 Å². The second kappa shape index (κ2) is 1.62. The summed E-state index contributed by atoms with van der Waals surface area (Å²) in [5, 5.41) is 0. The summed E-state index contributed by atoms with van der Waals surface area (Å²) in [4.78, 5) is 0. The number of hydrogen-bond donors (Lipinski definition) is 0. The molecule has 0 aromatic carbocycles. The molecule has 0 spiro atoms. The summed E-state index contributed by atoms with van der Waals surface area (Å²) in [5.74, 6) is 0. The molecule has 2 nitrogen and oxygen atoms in total. The van der Waals surface area contributed by atoms with Crippen molar-refractivity contribution in [2.75, 3.05) is 21.1 Å². The molecule has 0 aromatic rings. The van der Waals surface area contributed by atoms with Crippen molar-refractivity contribution in [3.63, 3.8) is 0 Å². The van der Waals surface area contributed by atoms with E-state index in [1.807, 2.05) is 6.92 Å². The van der Waals surface area contributed by atoms with Gasteiger partial charge in [-0.3, -0.25) is 4.74 Å². The van der Waals surface area contributed by atoms with Gasteiger partial charge in [-0.1, -0.05) is 11.6 Å². The second-order valence-electron chi connectivity index (χ2n) is 3.50. The second-order valence-corrected chi connectivity index (χ2v) is 3.90. The summed E-state index contributed by atoms with van der Waals surface area (Å²) in [5.41, 5.74) is -0.251. The summed E-state index contributed by atoms with van der Waals surface area (Å²) in [6.45, 7) is 2.02. The van der Waals surface area contributed by atoms with Crippen LogP contribution in [0, 0.1) is 0 Å². The molecule has 1 rings (SSSR count). The molecule has 1 aliphatic rings. The zero-order valence-corrected chi connectivity index (χ0v) is 7.07. The monoisotopic (exact) mass is 150 g/mol. The van der Waals surface area contributed by atoms with E-state index in [1.54, 1.807) is 0 Å². The lowest BCUT2D eigenvalue weighted by atomic mass is 10.3. The Morgan fingerprint density at radius 3 is 1.78 bits per heavy atom. The van der Waals surface area contributed by atoms with E-state index >= 15 is 0 Å². The predicted molar refractivity (Wildman–Crippen MR) is 37.2 cm³/mol. The predicted octanol–water partition coefficient (Wildman–Crippen LogP) is 1.00. The standard InChI is InChI=1S/C6H13ClNO/c1-6(5(7)9-6)8(2,3)4/h5H,1-4H3/q+1. The SMILES string of the molecule is CC1([N+](C)(C)C)OC1Cl. The quantitative estimate of drug-likeness (QED) is 0.309. The van der Waals surface area contributed by atoms with Crippen molar-refractivity contribution < 1.29 is 9.22 Å². The highest BCUT2D eigenvalue weighted by Gasteiger charge is 2.62.